The van der Waals surface area contributed by atoms with Crippen LogP contribution < -0.4 is 10.6 Å². The fraction of sp³-hybridized carbons (Fsp3) is 0.467. The lowest BCUT2D eigenvalue weighted by Crippen LogP contribution is -2.44. The molecule has 1 heterocycles. The number of methoxy groups -OCH3 is 1. The molecule has 1 aliphatic rings. The third-order valence-electron chi connectivity index (χ3n) is 3.52. The summed E-state index contributed by atoms with van der Waals surface area (Å²) in [5.74, 6) is -0.263. The first kappa shape index (κ1) is 15.7. The number of morpholine rings is 1. The van der Waals surface area contributed by atoms with Crippen LogP contribution in [-0.2, 0) is 14.3 Å². The first-order chi connectivity index (χ1) is 10.0. The summed E-state index contributed by atoms with van der Waals surface area (Å²) in [4.78, 5) is 13.9. The first-order valence-electron chi connectivity index (χ1n) is 6.85. The van der Waals surface area contributed by atoms with Gasteiger partial charge in [0, 0.05) is 24.3 Å². The number of esters is 1. The van der Waals surface area contributed by atoms with Gasteiger partial charge in [0.05, 0.1) is 26.2 Å². The van der Waals surface area contributed by atoms with E-state index < -0.39 is 0 Å². The highest BCUT2D eigenvalue weighted by Crippen LogP contribution is 2.25. The Morgan fingerprint density at radius 1 is 1.57 bits per heavy atom. The van der Waals surface area contributed by atoms with Crippen molar-refractivity contribution in [2.45, 2.75) is 19.4 Å². The van der Waals surface area contributed by atoms with E-state index in [2.05, 4.69) is 11.0 Å². The van der Waals surface area contributed by atoms with Gasteiger partial charge in [-0.1, -0.05) is 18.3 Å². The van der Waals surface area contributed by atoms with Crippen LogP contribution in [0.15, 0.2) is 18.2 Å². The van der Waals surface area contributed by atoms with Gasteiger partial charge in [-0.15, -0.1) is 0 Å². The summed E-state index contributed by atoms with van der Waals surface area (Å²) in [7, 11) is 1.38. The quantitative estimate of drug-likeness (QED) is 0.670. The second-order valence-electron chi connectivity index (χ2n) is 5.10. The van der Waals surface area contributed by atoms with Crippen molar-refractivity contribution < 1.29 is 14.3 Å². The molecule has 0 spiro atoms. The molecule has 1 atom stereocenters. The maximum Gasteiger partial charge on any atom is 0.308 e. The largest absolute Gasteiger partial charge is 0.469 e. The van der Waals surface area contributed by atoms with Gasteiger partial charge in [-0.2, -0.15) is 0 Å². The summed E-state index contributed by atoms with van der Waals surface area (Å²) in [5.41, 5.74) is 8.80. The Bertz CT molecular complexity index is 548. The van der Waals surface area contributed by atoms with Gasteiger partial charge in [-0.05, 0) is 24.6 Å². The number of carbonyl (C=O) groups excluding carboxylic acids is 1. The molecule has 5 nitrogen and oxygen atoms in total. The highest BCUT2D eigenvalue weighted by molar-refractivity contribution is 7.80. The minimum absolute atomic E-state index is 0.175. The molecule has 1 fully saturated rings. The third kappa shape index (κ3) is 3.92. The van der Waals surface area contributed by atoms with E-state index >= 15 is 0 Å². The predicted molar refractivity (Wildman–Crippen MR) is 85.7 cm³/mol. The zero-order valence-electron chi connectivity index (χ0n) is 12.3. The minimum Gasteiger partial charge on any atom is -0.469 e. The zero-order chi connectivity index (χ0) is 15.4. The molecule has 1 unspecified atom stereocenters. The summed E-state index contributed by atoms with van der Waals surface area (Å²) >= 11 is 5.13. The standard InChI is InChI=1S/C15H20N2O3S/c1-10-3-4-12(15(16)21)13(7-10)17-5-6-20-11(9-17)8-14(18)19-2/h3-4,7,11H,5-6,8-9H2,1-2H3,(H2,16,21). The molecule has 114 valence electrons. The second kappa shape index (κ2) is 6.87. The molecule has 1 aromatic carbocycles. The Kier molecular flexibility index (Phi) is 5.14. The normalized spacial score (nSPS) is 18.4. The molecule has 1 aromatic rings. The van der Waals surface area contributed by atoms with E-state index in [1.165, 1.54) is 7.11 Å². The molecule has 1 saturated heterocycles. The summed E-state index contributed by atoms with van der Waals surface area (Å²) < 4.78 is 10.3. The van der Waals surface area contributed by atoms with Crippen LogP contribution in [0.25, 0.3) is 0 Å². The van der Waals surface area contributed by atoms with Crippen molar-refractivity contribution in [2.24, 2.45) is 5.73 Å². The van der Waals surface area contributed by atoms with E-state index in [4.69, 9.17) is 27.4 Å². The van der Waals surface area contributed by atoms with Crippen LogP contribution in [0.2, 0.25) is 0 Å². The molecule has 2 N–H and O–H groups in total. The number of anilines is 1. The van der Waals surface area contributed by atoms with E-state index in [0.717, 1.165) is 23.4 Å². The Labute approximate surface area is 130 Å². The molecular formula is C15H20N2O3S. The number of carbonyl (C=O) groups is 1. The van der Waals surface area contributed by atoms with Crippen LogP contribution in [0.3, 0.4) is 0 Å². The van der Waals surface area contributed by atoms with Gasteiger partial charge < -0.3 is 20.1 Å². The number of ether oxygens (including phenoxy) is 2. The van der Waals surface area contributed by atoms with E-state index in [1.807, 2.05) is 19.1 Å². The number of hydrogen-bond acceptors (Lipinski definition) is 5. The van der Waals surface area contributed by atoms with Crippen LogP contribution in [0.5, 0.6) is 0 Å². The van der Waals surface area contributed by atoms with Crippen molar-refractivity contribution in [2.75, 3.05) is 31.7 Å². The van der Waals surface area contributed by atoms with Crippen molar-refractivity contribution in [1.82, 2.24) is 0 Å². The Hall–Kier alpha value is -1.66. The topological polar surface area (TPSA) is 64.8 Å². The van der Waals surface area contributed by atoms with Crippen LogP contribution in [-0.4, -0.2) is 43.9 Å². The SMILES string of the molecule is COC(=O)CC1CN(c2cc(C)ccc2C(N)=S)CCO1. The molecule has 21 heavy (non-hydrogen) atoms. The fourth-order valence-corrected chi connectivity index (χ4v) is 2.62. The molecule has 0 bridgehead atoms. The van der Waals surface area contributed by atoms with Gasteiger partial charge >= 0.3 is 5.97 Å². The lowest BCUT2D eigenvalue weighted by molar-refractivity contribution is -0.144. The Morgan fingerprint density at radius 3 is 3.00 bits per heavy atom. The molecular weight excluding hydrogens is 288 g/mol. The molecule has 0 saturated carbocycles. The lowest BCUT2D eigenvalue weighted by atomic mass is 10.1. The molecule has 0 amide bonds. The van der Waals surface area contributed by atoms with Crippen molar-refractivity contribution >= 4 is 28.9 Å². The summed E-state index contributed by atoms with van der Waals surface area (Å²) in [5, 5.41) is 0. The zero-order valence-corrected chi connectivity index (χ0v) is 13.1. The number of benzene rings is 1. The third-order valence-corrected chi connectivity index (χ3v) is 3.74. The monoisotopic (exact) mass is 308 g/mol. The molecule has 6 heteroatoms. The van der Waals surface area contributed by atoms with Crippen LogP contribution >= 0.6 is 12.2 Å². The van der Waals surface area contributed by atoms with Gasteiger partial charge in [0.15, 0.2) is 0 Å². The number of thiocarbonyl (C=S) groups is 1. The molecule has 0 aromatic heterocycles. The van der Waals surface area contributed by atoms with Crippen LogP contribution in [0.1, 0.15) is 17.5 Å². The first-order valence-corrected chi connectivity index (χ1v) is 7.26. The number of aryl methyl sites for hydroxylation is 1. The van der Waals surface area contributed by atoms with Gasteiger partial charge in [-0.3, -0.25) is 4.79 Å². The number of nitrogens with zero attached hydrogens (tertiary/aromatic N) is 1. The minimum atomic E-state index is -0.263. The predicted octanol–water partition coefficient (Wildman–Crippen LogP) is 1.40. The summed E-state index contributed by atoms with van der Waals surface area (Å²) in [6.45, 7) is 3.95. The van der Waals surface area contributed by atoms with Gasteiger partial charge in [0.2, 0.25) is 0 Å². The average molecular weight is 308 g/mol. The highest BCUT2D eigenvalue weighted by atomic mass is 32.1. The molecule has 0 radical (unpaired) electrons. The summed E-state index contributed by atoms with van der Waals surface area (Å²) in [6, 6.07) is 6.00. The van der Waals surface area contributed by atoms with E-state index in [1.54, 1.807) is 0 Å². The van der Waals surface area contributed by atoms with Crippen LogP contribution in [0.4, 0.5) is 5.69 Å². The van der Waals surface area contributed by atoms with Gasteiger partial charge in [-0.25, -0.2) is 0 Å². The second-order valence-corrected chi connectivity index (χ2v) is 5.54. The highest BCUT2D eigenvalue weighted by Gasteiger charge is 2.25. The lowest BCUT2D eigenvalue weighted by Gasteiger charge is -2.35. The van der Waals surface area contributed by atoms with E-state index in [0.29, 0.717) is 18.1 Å². The molecule has 2 rings (SSSR count). The average Bonchev–Trinajstić information content (AvgIpc) is 2.47. The number of rotatable bonds is 4. The number of nitrogens with two attached hydrogens (primary N) is 1. The Morgan fingerprint density at radius 2 is 2.33 bits per heavy atom. The van der Waals surface area contributed by atoms with Crippen molar-refractivity contribution in [3.05, 3.63) is 29.3 Å². The fourth-order valence-electron chi connectivity index (χ4n) is 2.44. The maximum atomic E-state index is 11.4. The van der Waals surface area contributed by atoms with Crippen molar-refractivity contribution in [3.8, 4) is 0 Å². The molecule has 0 aliphatic carbocycles. The maximum absolute atomic E-state index is 11.4. The van der Waals surface area contributed by atoms with Gasteiger partial charge in [0.25, 0.3) is 0 Å². The van der Waals surface area contributed by atoms with Crippen LogP contribution in [0, 0.1) is 6.92 Å². The van der Waals surface area contributed by atoms with Crippen molar-refractivity contribution in [3.63, 3.8) is 0 Å². The Balaban J connectivity index is 2.19. The van der Waals surface area contributed by atoms with Crippen molar-refractivity contribution in [1.29, 1.82) is 0 Å². The molecule has 1 aliphatic heterocycles. The summed E-state index contributed by atoms with van der Waals surface area (Å²) in [6.07, 6.45) is 0.0761. The van der Waals surface area contributed by atoms with Gasteiger partial charge in [0.1, 0.15) is 4.99 Å². The van der Waals surface area contributed by atoms with E-state index in [9.17, 15) is 4.79 Å². The number of hydrogen-bond donors (Lipinski definition) is 1. The smallest absolute Gasteiger partial charge is 0.308 e. The van der Waals surface area contributed by atoms with E-state index in [-0.39, 0.29) is 18.5 Å².